The molecule has 176 valence electrons. The van der Waals surface area contributed by atoms with Crippen molar-refractivity contribution >= 4 is 17.3 Å². The van der Waals surface area contributed by atoms with Gasteiger partial charge >= 0.3 is 0 Å². The van der Waals surface area contributed by atoms with E-state index in [0.717, 1.165) is 41.1 Å². The van der Waals surface area contributed by atoms with Crippen LogP contribution in [0.4, 0.5) is 5.69 Å². The Morgan fingerprint density at radius 3 is 2.66 bits per heavy atom. The molecule has 35 heavy (non-hydrogen) atoms. The molecule has 0 fully saturated rings. The molecule has 1 N–H and O–H groups in total. The van der Waals surface area contributed by atoms with Gasteiger partial charge in [-0.3, -0.25) is 14.5 Å². The number of hydrogen-bond acceptors (Lipinski definition) is 5. The summed E-state index contributed by atoms with van der Waals surface area (Å²) in [4.78, 5) is 19.6. The third-order valence-electron chi connectivity index (χ3n) is 6.91. The van der Waals surface area contributed by atoms with Gasteiger partial charge in [0.05, 0.1) is 23.9 Å². The zero-order valence-electron chi connectivity index (χ0n) is 20.0. The number of para-hydroxylation sites is 1. The molecule has 7 nitrogen and oxygen atoms in total. The maximum atomic E-state index is 13.1. The van der Waals surface area contributed by atoms with Gasteiger partial charge in [0.1, 0.15) is 6.07 Å². The third kappa shape index (κ3) is 4.29. The molecule has 2 heterocycles. The van der Waals surface area contributed by atoms with Gasteiger partial charge in [0.2, 0.25) is 0 Å². The Morgan fingerprint density at radius 2 is 1.89 bits per heavy atom. The zero-order chi connectivity index (χ0) is 24.4. The van der Waals surface area contributed by atoms with Crippen LogP contribution in [-0.2, 0) is 7.05 Å². The van der Waals surface area contributed by atoms with E-state index in [1.807, 2.05) is 73.4 Å². The van der Waals surface area contributed by atoms with Crippen molar-refractivity contribution < 1.29 is 4.79 Å². The number of benzene rings is 2. The molecule has 0 saturated carbocycles. The fourth-order valence-electron chi connectivity index (χ4n) is 5.11. The molecule has 0 spiro atoms. The largest absolute Gasteiger partial charge is 0.311 e. The van der Waals surface area contributed by atoms with Crippen LogP contribution in [0.5, 0.6) is 0 Å². The average Bonchev–Trinajstić information content (AvgIpc) is 3.30. The predicted molar refractivity (Wildman–Crippen MR) is 137 cm³/mol. The highest BCUT2D eigenvalue weighted by Crippen LogP contribution is 2.36. The van der Waals surface area contributed by atoms with Crippen molar-refractivity contribution in [1.82, 2.24) is 15.1 Å². The number of allylic oxidation sites excluding steroid dienone is 2. The Kier molecular flexibility index (Phi) is 6.30. The Labute approximate surface area is 205 Å². The Balaban J connectivity index is 1.35. The number of fused-ring (bicyclic) bond motifs is 2. The predicted octanol–water partition coefficient (Wildman–Crippen LogP) is 4.16. The summed E-state index contributed by atoms with van der Waals surface area (Å²) in [5, 5.41) is 17.6. The lowest BCUT2D eigenvalue weighted by molar-refractivity contribution is 0.0993. The number of aliphatic imine (C=N–C) groups is 1. The second-order valence-corrected chi connectivity index (χ2v) is 8.94. The van der Waals surface area contributed by atoms with Gasteiger partial charge in [-0.1, -0.05) is 42.5 Å². The van der Waals surface area contributed by atoms with Gasteiger partial charge in [-0.15, -0.1) is 0 Å². The van der Waals surface area contributed by atoms with Gasteiger partial charge in [-0.2, -0.15) is 10.4 Å². The average molecular weight is 465 g/mol. The number of nitriles is 1. The van der Waals surface area contributed by atoms with E-state index < -0.39 is 0 Å². The van der Waals surface area contributed by atoms with Crippen LogP contribution < -0.4 is 10.2 Å². The first-order valence-electron chi connectivity index (χ1n) is 11.9. The van der Waals surface area contributed by atoms with Gasteiger partial charge in [0.25, 0.3) is 5.91 Å². The third-order valence-corrected chi connectivity index (χ3v) is 6.91. The highest BCUT2D eigenvalue weighted by atomic mass is 16.2. The number of anilines is 1. The van der Waals surface area contributed by atoms with Gasteiger partial charge in [-0.05, 0) is 42.2 Å². The molecule has 0 bridgehead atoms. The molecule has 1 amide bonds. The fraction of sp³-hybridized carbons (Fsp3) is 0.286. The van der Waals surface area contributed by atoms with E-state index >= 15 is 0 Å². The number of amides is 1. The highest BCUT2D eigenvalue weighted by Gasteiger charge is 2.30. The number of nitrogens with zero attached hydrogens (tertiary/aromatic N) is 5. The SMILES string of the molecule is CN1C(=O)c2ccccc2C(NCCN=C2CCC(c3ccnn3C)C=C2C#N)c2ccccc21. The van der Waals surface area contributed by atoms with Crippen LogP contribution in [-0.4, -0.2) is 41.5 Å². The van der Waals surface area contributed by atoms with E-state index in [1.54, 1.807) is 11.1 Å². The normalized spacial score (nSPS) is 20.6. The monoisotopic (exact) mass is 464 g/mol. The molecule has 1 aliphatic carbocycles. The van der Waals surface area contributed by atoms with E-state index in [4.69, 9.17) is 4.99 Å². The van der Waals surface area contributed by atoms with Crippen LogP contribution in [0.3, 0.4) is 0 Å². The summed E-state index contributed by atoms with van der Waals surface area (Å²) >= 11 is 0. The minimum Gasteiger partial charge on any atom is -0.311 e. The quantitative estimate of drug-likeness (QED) is 0.575. The number of carbonyl (C=O) groups excluding carboxylic acids is 1. The van der Waals surface area contributed by atoms with E-state index in [0.29, 0.717) is 24.2 Å². The summed E-state index contributed by atoms with van der Waals surface area (Å²) < 4.78 is 1.87. The van der Waals surface area contributed by atoms with Crippen molar-refractivity contribution in [3.05, 3.63) is 94.8 Å². The van der Waals surface area contributed by atoms with Gasteiger partial charge in [-0.25, -0.2) is 0 Å². The lowest BCUT2D eigenvalue weighted by atomic mass is 9.87. The molecule has 2 unspecified atom stereocenters. The van der Waals surface area contributed by atoms with Crippen LogP contribution in [0.15, 0.2) is 77.4 Å². The molecule has 0 saturated heterocycles. The standard InChI is InChI=1S/C28H28N6O/c1-33-26-10-6-5-9-23(26)27(21-7-3-4-8-22(21)28(33)35)31-16-15-30-24-12-11-19(17-20(24)18-29)25-13-14-32-34(25)2/h3-10,13-14,17,19,27,31H,11-12,15-16H2,1-2H3. The number of aromatic nitrogens is 2. The lowest BCUT2D eigenvalue weighted by Crippen LogP contribution is -2.26. The van der Waals surface area contributed by atoms with Crippen molar-refractivity contribution in [2.45, 2.75) is 24.8 Å². The number of nitrogens with one attached hydrogen (secondary N) is 1. The molecule has 7 heteroatoms. The van der Waals surface area contributed by atoms with Gasteiger partial charge < -0.3 is 10.2 Å². The molecule has 0 radical (unpaired) electrons. The van der Waals surface area contributed by atoms with Crippen molar-refractivity contribution in [2.75, 3.05) is 25.0 Å². The van der Waals surface area contributed by atoms with E-state index in [-0.39, 0.29) is 17.9 Å². The Bertz CT molecular complexity index is 1360. The molecular weight excluding hydrogens is 436 g/mol. The maximum Gasteiger partial charge on any atom is 0.258 e. The fourth-order valence-corrected chi connectivity index (χ4v) is 5.11. The van der Waals surface area contributed by atoms with Crippen LogP contribution >= 0.6 is 0 Å². The summed E-state index contributed by atoms with van der Waals surface area (Å²) in [5.41, 5.74) is 6.28. The summed E-state index contributed by atoms with van der Waals surface area (Å²) in [7, 11) is 3.75. The second-order valence-electron chi connectivity index (χ2n) is 8.94. The van der Waals surface area contributed by atoms with Gasteiger partial charge in [0.15, 0.2) is 0 Å². The van der Waals surface area contributed by atoms with Crippen molar-refractivity contribution in [2.24, 2.45) is 12.0 Å². The number of hydrogen-bond donors (Lipinski definition) is 1. The lowest BCUT2D eigenvalue weighted by Gasteiger charge is -2.22. The molecule has 2 aromatic carbocycles. The Hall–Kier alpha value is -4.02. The topological polar surface area (TPSA) is 86.3 Å². The second kappa shape index (κ2) is 9.69. The number of carbonyl (C=O) groups is 1. The zero-order valence-corrected chi connectivity index (χ0v) is 20.0. The molecule has 2 aliphatic rings. The van der Waals surface area contributed by atoms with Crippen LogP contribution in [0.25, 0.3) is 0 Å². The number of rotatable bonds is 5. The van der Waals surface area contributed by atoms with E-state index in [1.165, 1.54) is 0 Å². The molecule has 3 aromatic rings. The van der Waals surface area contributed by atoms with E-state index in [2.05, 4.69) is 22.6 Å². The smallest absolute Gasteiger partial charge is 0.258 e. The molecule has 2 atom stereocenters. The highest BCUT2D eigenvalue weighted by molar-refractivity contribution is 6.08. The van der Waals surface area contributed by atoms with E-state index in [9.17, 15) is 10.1 Å². The first kappa shape index (κ1) is 22.8. The van der Waals surface area contributed by atoms with Crippen LogP contribution in [0.2, 0.25) is 0 Å². The minimum absolute atomic E-state index is 0.00780. The maximum absolute atomic E-state index is 13.1. The van der Waals surface area contributed by atoms with Crippen LogP contribution in [0, 0.1) is 11.3 Å². The van der Waals surface area contributed by atoms with Crippen molar-refractivity contribution in [3.63, 3.8) is 0 Å². The Morgan fingerprint density at radius 1 is 1.11 bits per heavy atom. The summed E-state index contributed by atoms with van der Waals surface area (Å²) in [6, 6.07) is 20.0. The van der Waals surface area contributed by atoms with Crippen LogP contribution in [0.1, 0.15) is 52.0 Å². The molecular formula is C28H28N6O. The summed E-state index contributed by atoms with van der Waals surface area (Å²) in [5.74, 6) is 0.175. The molecule has 5 rings (SSSR count). The number of aryl methyl sites for hydroxylation is 1. The van der Waals surface area contributed by atoms with Crippen molar-refractivity contribution in [3.8, 4) is 6.07 Å². The minimum atomic E-state index is -0.122. The van der Waals surface area contributed by atoms with Crippen molar-refractivity contribution in [1.29, 1.82) is 5.26 Å². The first-order valence-corrected chi connectivity index (χ1v) is 11.9. The summed E-state index contributed by atoms with van der Waals surface area (Å²) in [6.45, 7) is 1.17. The molecule has 1 aromatic heterocycles. The van der Waals surface area contributed by atoms with Gasteiger partial charge in [0, 0.05) is 49.7 Å². The first-order chi connectivity index (χ1) is 17.1. The molecule has 1 aliphatic heterocycles. The summed E-state index contributed by atoms with van der Waals surface area (Å²) in [6.07, 6.45) is 5.49.